The average molecular weight is 311 g/mol. The van der Waals surface area contributed by atoms with Gasteiger partial charge in [-0.3, -0.25) is 19.1 Å². The molecule has 2 aromatic heterocycles. The van der Waals surface area contributed by atoms with E-state index < -0.39 is 5.82 Å². The molecule has 0 radical (unpaired) electrons. The molecule has 0 saturated heterocycles. The van der Waals surface area contributed by atoms with Crippen LogP contribution in [0.1, 0.15) is 27.6 Å². The summed E-state index contributed by atoms with van der Waals surface area (Å²) in [4.78, 5) is 28.0. The molecule has 0 atom stereocenters. The second kappa shape index (κ2) is 6.00. The van der Waals surface area contributed by atoms with Crippen LogP contribution in [-0.2, 0) is 6.54 Å². The smallest absolute Gasteiger partial charge is 0.253 e. The van der Waals surface area contributed by atoms with E-state index in [1.54, 1.807) is 24.5 Å². The Bertz CT molecular complexity index is 887. The van der Waals surface area contributed by atoms with Gasteiger partial charge in [-0.2, -0.15) is 0 Å². The third-order valence-electron chi connectivity index (χ3n) is 3.55. The van der Waals surface area contributed by atoms with Gasteiger partial charge in [-0.1, -0.05) is 0 Å². The maximum atomic E-state index is 13.5. The Balaban J connectivity index is 1.93. The van der Waals surface area contributed by atoms with E-state index in [9.17, 15) is 14.0 Å². The van der Waals surface area contributed by atoms with Crippen molar-refractivity contribution in [1.82, 2.24) is 14.9 Å². The maximum Gasteiger partial charge on any atom is 0.253 e. The van der Waals surface area contributed by atoms with Crippen LogP contribution < -0.4 is 5.32 Å². The third kappa shape index (κ3) is 2.96. The number of amides is 1. The van der Waals surface area contributed by atoms with E-state index in [0.717, 1.165) is 5.56 Å². The van der Waals surface area contributed by atoms with E-state index in [1.165, 1.54) is 35.9 Å². The Morgan fingerprint density at radius 1 is 1.22 bits per heavy atom. The zero-order chi connectivity index (χ0) is 16.4. The van der Waals surface area contributed by atoms with Gasteiger partial charge in [0.2, 0.25) is 5.91 Å². The van der Waals surface area contributed by atoms with Crippen molar-refractivity contribution in [2.45, 2.75) is 13.5 Å². The van der Waals surface area contributed by atoms with Crippen molar-refractivity contribution in [1.29, 1.82) is 0 Å². The van der Waals surface area contributed by atoms with Crippen molar-refractivity contribution < 1.29 is 14.0 Å². The molecular weight excluding hydrogens is 297 g/mol. The molecule has 1 aromatic carbocycles. The summed E-state index contributed by atoms with van der Waals surface area (Å²) in [6, 6.07) is 7.60. The fourth-order valence-electron chi connectivity index (χ4n) is 2.42. The van der Waals surface area contributed by atoms with Crippen LogP contribution in [0.3, 0.4) is 0 Å². The van der Waals surface area contributed by atoms with Crippen LogP contribution in [0.2, 0.25) is 0 Å². The molecule has 5 nitrogen and oxygen atoms in total. The van der Waals surface area contributed by atoms with E-state index >= 15 is 0 Å². The van der Waals surface area contributed by atoms with E-state index in [0.29, 0.717) is 17.4 Å². The number of aromatic nitrogens is 2. The van der Waals surface area contributed by atoms with E-state index in [-0.39, 0.29) is 17.4 Å². The average Bonchev–Trinajstić information content (AvgIpc) is 2.92. The van der Waals surface area contributed by atoms with Crippen LogP contribution in [0, 0.1) is 5.82 Å². The molecule has 0 aliphatic rings. The number of nitrogens with one attached hydrogen (secondary N) is 1. The van der Waals surface area contributed by atoms with Gasteiger partial charge in [0.15, 0.2) is 0 Å². The molecule has 116 valence electrons. The van der Waals surface area contributed by atoms with Gasteiger partial charge in [0.25, 0.3) is 5.91 Å². The second-order valence-corrected chi connectivity index (χ2v) is 5.13. The number of hydrogen-bond donors (Lipinski definition) is 1. The van der Waals surface area contributed by atoms with Crippen molar-refractivity contribution >= 4 is 22.7 Å². The molecule has 23 heavy (non-hydrogen) atoms. The SMILES string of the molecule is CC(=O)n1cc(C(=O)NCc2ccncc2)c2cc(F)ccc21. The Labute approximate surface area is 131 Å². The zero-order valence-electron chi connectivity index (χ0n) is 12.4. The standard InChI is InChI=1S/C17H14FN3O2/c1-11(22)21-10-15(14-8-13(18)2-3-16(14)21)17(23)20-9-12-4-6-19-7-5-12/h2-8,10H,9H2,1H3,(H,20,23). The molecule has 0 spiro atoms. The largest absolute Gasteiger partial charge is 0.348 e. The minimum atomic E-state index is -0.456. The lowest BCUT2D eigenvalue weighted by atomic mass is 10.1. The van der Waals surface area contributed by atoms with Crippen molar-refractivity contribution in [2.75, 3.05) is 0 Å². The van der Waals surface area contributed by atoms with Crippen molar-refractivity contribution in [3.8, 4) is 0 Å². The van der Waals surface area contributed by atoms with Crippen LogP contribution in [0.25, 0.3) is 10.9 Å². The summed E-state index contributed by atoms with van der Waals surface area (Å²) in [5, 5.41) is 3.17. The van der Waals surface area contributed by atoms with Gasteiger partial charge in [0.1, 0.15) is 5.82 Å². The molecular formula is C17H14FN3O2. The molecule has 1 amide bonds. The van der Waals surface area contributed by atoms with Crippen LogP contribution in [0.15, 0.2) is 48.9 Å². The molecule has 0 unspecified atom stereocenters. The quantitative estimate of drug-likeness (QED) is 0.809. The molecule has 0 fully saturated rings. The van der Waals surface area contributed by atoms with Crippen LogP contribution in [0.5, 0.6) is 0 Å². The summed E-state index contributed by atoms with van der Waals surface area (Å²) in [7, 11) is 0. The Morgan fingerprint density at radius 3 is 2.65 bits per heavy atom. The summed E-state index contributed by atoms with van der Waals surface area (Å²) < 4.78 is 14.9. The number of hydrogen-bond acceptors (Lipinski definition) is 3. The summed E-state index contributed by atoms with van der Waals surface area (Å²) in [6.07, 6.45) is 4.71. The Hall–Kier alpha value is -3.02. The lowest BCUT2D eigenvalue weighted by Crippen LogP contribution is -2.22. The molecule has 0 aliphatic carbocycles. The number of carbonyl (C=O) groups is 2. The van der Waals surface area contributed by atoms with Gasteiger partial charge in [-0.05, 0) is 35.9 Å². The predicted molar refractivity (Wildman–Crippen MR) is 83.6 cm³/mol. The first kappa shape index (κ1) is 14.9. The van der Waals surface area contributed by atoms with Crippen molar-refractivity contribution in [2.24, 2.45) is 0 Å². The Morgan fingerprint density at radius 2 is 1.96 bits per heavy atom. The number of halogens is 1. The molecule has 3 aromatic rings. The number of fused-ring (bicyclic) bond motifs is 1. The lowest BCUT2D eigenvalue weighted by molar-refractivity contribution is 0.0941. The highest BCUT2D eigenvalue weighted by atomic mass is 19.1. The monoisotopic (exact) mass is 311 g/mol. The van der Waals surface area contributed by atoms with Gasteiger partial charge in [-0.25, -0.2) is 4.39 Å². The molecule has 3 rings (SSSR count). The lowest BCUT2D eigenvalue weighted by Gasteiger charge is -2.04. The second-order valence-electron chi connectivity index (χ2n) is 5.13. The highest BCUT2D eigenvalue weighted by molar-refractivity contribution is 6.09. The molecule has 1 N–H and O–H groups in total. The number of benzene rings is 1. The van der Waals surface area contributed by atoms with Crippen LogP contribution in [-0.4, -0.2) is 21.4 Å². The molecule has 0 bridgehead atoms. The predicted octanol–water partition coefficient (Wildman–Crippen LogP) is 2.77. The Kier molecular flexibility index (Phi) is 3.89. The number of nitrogens with zero attached hydrogens (tertiary/aromatic N) is 2. The molecule has 0 saturated carbocycles. The van der Waals surface area contributed by atoms with Gasteiger partial charge < -0.3 is 5.32 Å². The van der Waals surface area contributed by atoms with Crippen molar-refractivity contribution in [3.05, 3.63) is 65.9 Å². The third-order valence-corrected chi connectivity index (χ3v) is 3.55. The molecule has 0 aliphatic heterocycles. The van der Waals surface area contributed by atoms with E-state index in [4.69, 9.17) is 0 Å². The number of rotatable bonds is 3. The fourth-order valence-corrected chi connectivity index (χ4v) is 2.42. The van der Waals surface area contributed by atoms with Crippen molar-refractivity contribution in [3.63, 3.8) is 0 Å². The minimum absolute atomic E-state index is 0.241. The molecule has 6 heteroatoms. The van der Waals surface area contributed by atoms with Crippen LogP contribution in [0.4, 0.5) is 4.39 Å². The fraction of sp³-hybridized carbons (Fsp3) is 0.118. The first-order valence-corrected chi connectivity index (χ1v) is 7.05. The maximum absolute atomic E-state index is 13.5. The summed E-state index contributed by atoms with van der Waals surface area (Å²) in [5.74, 6) is -1.06. The van der Waals surface area contributed by atoms with Gasteiger partial charge in [0.05, 0.1) is 11.1 Å². The topological polar surface area (TPSA) is 64.0 Å². The first-order chi connectivity index (χ1) is 11.1. The van der Waals surface area contributed by atoms with Gasteiger partial charge in [0, 0.05) is 37.4 Å². The highest BCUT2D eigenvalue weighted by Crippen LogP contribution is 2.22. The number of pyridine rings is 1. The van der Waals surface area contributed by atoms with E-state index in [1.807, 2.05) is 0 Å². The highest BCUT2D eigenvalue weighted by Gasteiger charge is 2.17. The van der Waals surface area contributed by atoms with Crippen LogP contribution >= 0.6 is 0 Å². The minimum Gasteiger partial charge on any atom is -0.348 e. The first-order valence-electron chi connectivity index (χ1n) is 7.05. The summed E-state index contributed by atoms with van der Waals surface area (Å²) in [6.45, 7) is 1.71. The van der Waals surface area contributed by atoms with Gasteiger partial charge in [-0.15, -0.1) is 0 Å². The summed E-state index contributed by atoms with van der Waals surface area (Å²) in [5.41, 5.74) is 1.67. The zero-order valence-corrected chi connectivity index (χ0v) is 12.4. The van der Waals surface area contributed by atoms with Gasteiger partial charge >= 0.3 is 0 Å². The number of carbonyl (C=O) groups excluding carboxylic acids is 2. The normalized spacial score (nSPS) is 10.7. The molecule has 2 heterocycles. The summed E-state index contributed by atoms with van der Waals surface area (Å²) >= 11 is 0. The van der Waals surface area contributed by atoms with E-state index in [2.05, 4.69) is 10.3 Å².